The van der Waals surface area contributed by atoms with Gasteiger partial charge < -0.3 is 20.1 Å². The van der Waals surface area contributed by atoms with Gasteiger partial charge in [-0.2, -0.15) is 4.99 Å². The monoisotopic (exact) mass is 443 g/mol. The van der Waals surface area contributed by atoms with Crippen molar-refractivity contribution < 1.29 is 9.47 Å². The zero-order valence-corrected chi connectivity index (χ0v) is 20.3. The number of benzene rings is 1. The fourth-order valence-corrected chi connectivity index (χ4v) is 2.99. The van der Waals surface area contributed by atoms with E-state index in [9.17, 15) is 0 Å². The van der Waals surface area contributed by atoms with Gasteiger partial charge in [-0.15, -0.1) is 0 Å². The van der Waals surface area contributed by atoms with Crippen LogP contribution in [0, 0.1) is 6.92 Å². The highest BCUT2D eigenvalue weighted by Gasteiger charge is 2.17. The Balaban J connectivity index is 2.15. The SMILES string of the molecule is CCN(C)CCc1cc(OC)c(OC(=S)N=C(N)c2cnc(C(C)(C)C)cn2)cc1C. The number of likely N-dealkylation sites (N-methyl/N-ethyl adjacent to an activating group) is 1. The summed E-state index contributed by atoms with van der Waals surface area (Å²) in [6.45, 7) is 12.4. The van der Waals surface area contributed by atoms with Crippen LogP contribution in [0.1, 0.15) is 50.2 Å². The smallest absolute Gasteiger partial charge is 0.291 e. The summed E-state index contributed by atoms with van der Waals surface area (Å²) in [4.78, 5) is 15.2. The van der Waals surface area contributed by atoms with E-state index in [1.54, 1.807) is 19.5 Å². The van der Waals surface area contributed by atoms with E-state index >= 15 is 0 Å². The summed E-state index contributed by atoms with van der Waals surface area (Å²) in [5.74, 6) is 1.25. The molecule has 0 saturated heterocycles. The van der Waals surface area contributed by atoms with E-state index < -0.39 is 0 Å². The molecule has 0 saturated carbocycles. The van der Waals surface area contributed by atoms with E-state index in [1.165, 1.54) is 5.56 Å². The van der Waals surface area contributed by atoms with E-state index in [0.717, 1.165) is 30.8 Å². The number of aliphatic imine (C=N–C) groups is 1. The predicted molar refractivity (Wildman–Crippen MR) is 129 cm³/mol. The molecular formula is C23H33N5O2S. The molecule has 2 rings (SSSR count). The number of nitrogens with two attached hydrogens (primary N) is 1. The highest BCUT2D eigenvalue weighted by atomic mass is 32.1. The van der Waals surface area contributed by atoms with Crippen molar-refractivity contribution in [1.29, 1.82) is 0 Å². The Hall–Kier alpha value is -2.58. The highest BCUT2D eigenvalue weighted by Crippen LogP contribution is 2.31. The van der Waals surface area contributed by atoms with Crippen LogP contribution in [0.2, 0.25) is 0 Å². The minimum atomic E-state index is -0.0949. The van der Waals surface area contributed by atoms with Gasteiger partial charge in [0.15, 0.2) is 17.3 Å². The number of hydrogen-bond acceptors (Lipinski definition) is 6. The molecule has 8 heteroatoms. The summed E-state index contributed by atoms with van der Waals surface area (Å²) in [7, 11) is 3.71. The molecule has 0 aliphatic heterocycles. The van der Waals surface area contributed by atoms with E-state index in [4.69, 9.17) is 27.4 Å². The lowest BCUT2D eigenvalue weighted by molar-refractivity contribution is 0.356. The standard InChI is InChI=1S/C23H33N5O2S/c1-8-28(6)10-9-16-12-18(29-7)19(11-15(16)2)30-22(31)27-21(24)17-13-26-20(14-25-17)23(3,4)5/h11-14H,8-10H2,1-7H3,(H2,24,27,31). The van der Waals surface area contributed by atoms with Crippen molar-refractivity contribution in [3.05, 3.63) is 47.0 Å². The van der Waals surface area contributed by atoms with Crippen LogP contribution >= 0.6 is 12.2 Å². The van der Waals surface area contributed by atoms with Crippen LogP contribution in [0.5, 0.6) is 11.5 Å². The first kappa shape index (κ1) is 24.7. The summed E-state index contributed by atoms with van der Waals surface area (Å²) in [5, 5.41) is -0.0182. The van der Waals surface area contributed by atoms with Crippen LogP contribution in [0.15, 0.2) is 29.5 Å². The van der Waals surface area contributed by atoms with Gasteiger partial charge in [-0.1, -0.05) is 27.7 Å². The number of aryl methyl sites for hydroxylation is 1. The Labute approximate surface area is 190 Å². The Morgan fingerprint density at radius 1 is 1.19 bits per heavy atom. The topological polar surface area (TPSA) is 85.9 Å². The number of nitrogens with zero attached hydrogens (tertiary/aromatic N) is 4. The second-order valence-corrected chi connectivity index (χ2v) is 8.83. The molecular weight excluding hydrogens is 410 g/mol. The van der Waals surface area contributed by atoms with Crippen LogP contribution in [-0.4, -0.2) is 53.1 Å². The first-order valence-corrected chi connectivity index (χ1v) is 10.7. The average Bonchev–Trinajstić information content (AvgIpc) is 2.72. The molecule has 168 valence electrons. The van der Waals surface area contributed by atoms with E-state index in [-0.39, 0.29) is 16.4 Å². The molecule has 2 aromatic rings. The van der Waals surface area contributed by atoms with Gasteiger partial charge in [-0.25, -0.2) is 4.98 Å². The normalized spacial score (nSPS) is 12.2. The van der Waals surface area contributed by atoms with Crippen molar-refractivity contribution in [3.63, 3.8) is 0 Å². The molecule has 1 heterocycles. The van der Waals surface area contributed by atoms with Crippen molar-refractivity contribution >= 4 is 23.2 Å². The zero-order chi connectivity index (χ0) is 23.2. The molecule has 0 spiro atoms. The van der Waals surface area contributed by atoms with Crippen molar-refractivity contribution in [3.8, 4) is 11.5 Å². The molecule has 0 fully saturated rings. The van der Waals surface area contributed by atoms with Crippen molar-refractivity contribution in [2.45, 2.75) is 46.5 Å². The number of ether oxygens (including phenoxy) is 2. The van der Waals surface area contributed by atoms with Crippen LogP contribution in [0.3, 0.4) is 0 Å². The zero-order valence-electron chi connectivity index (χ0n) is 19.5. The Morgan fingerprint density at radius 2 is 1.90 bits per heavy atom. The maximum Gasteiger partial charge on any atom is 0.291 e. The molecule has 0 unspecified atom stereocenters. The van der Waals surface area contributed by atoms with Gasteiger partial charge in [0.25, 0.3) is 5.17 Å². The van der Waals surface area contributed by atoms with Crippen molar-refractivity contribution in [1.82, 2.24) is 14.9 Å². The maximum absolute atomic E-state index is 6.06. The van der Waals surface area contributed by atoms with Crippen molar-refractivity contribution in [2.24, 2.45) is 10.7 Å². The van der Waals surface area contributed by atoms with Crippen LogP contribution < -0.4 is 15.2 Å². The third kappa shape index (κ3) is 6.97. The quantitative estimate of drug-likeness (QED) is 0.397. The first-order chi connectivity index (χ1) is 14.5. The summed E-state index contributed by atoms with van der Waals surface area (Å²) in [6.07, 6.45) is 4.21. The molecule has 0 atom stereocenters. The van der Waals surface area contributed by atoms with Gasteiger partial charge >= 0.3 is 0 Å². The van der Waals surface area contributed by atoms with Gasteiger partial charge in [-0.05, 0) is 62.4 Å². The number of rotatable bonds is 7. The van der Waals surface area contributed by atoms with Crippen LogP contribution in [-0.2, 0) is 11.8 Å². The fraction of sp³-hybridized carbons (Fsp3) is 0.478. The Morgan fingerprint density at radius 3 is 2.45 bits per heavy atom. The Bertz CT molecular complexity index is 936. The average molecular weight is 444 g/mol. The lowest BCUT2D eigenvalue weighted by Crippen LogP contribution is -2.21. The molecule has 0 aliphatic carbocycles. The molecule has 2 N–H and O–H groups in total. The summed E-state index contributed by atoms with van der Waals surface area (Å²) in [5.41, 5.74) is 9.58. The van der Waals surface area contributed by atoms with Gasteiger partial charge in [0.2, 0.25) is 0 Å². The van der Waals surface area contributed by atoms with Crippen molar-refractivity contribution in [2.75, 3.05) is 27.2 Å². The van der Waals surface area contributed by atoms with E-state index in [1.807, 2.05) is 19.1 Å². The van der Waals surface area contributed by atoms with Gasteiger partial charge in [0, 0.05) is 18.2 Å². The molecule has 0 amide bonds. The summed E-state index contributed by atoms with van der Waals surface area (Å²) < 4.78 is 11.3. The highest BCUT2D eigenvalue weighted by molar-refractivity contribution is 7.80. The van der Waals surface area contributed by atoms with E-state index in [0.29, 0.717) is 17.2 Å². The largest absolute Gasteiger partial charge is 0.493 e. The third-order valence-electron chi connectivity index (χ3n) is 5.02. The van der Waals surface area contributed by atoms with Crippen LogP contribution in [0.4, 0.5) is 0 Å². The number of aromatic nitrogens is 2. The number of amidine groups is 1. The van der Waals surface area contributed by atoms with Gasteiger partial charge in [0.1, 0.15) is 5.69 Å². The second kappa shape index (κ2) is 10.6. The number of methoxy groups -OCH3 is 1. The molecule has 7 nitrogen and oxygen atoms in total. The lowest BCUT2D eigenvalue weighted by Gasteiger charge is -2.17. The molecule has 31 heavy (non-hydrogen) atoms. The van der Waals surface area contributed by atoms with Crippen LogP contribution in [0.25, 0.3) is 0 Å². The van der Waals surface area contributed by atoms with Gasteiger partial charge in [-0.3, -0.25) is 4.98 Å². The fourth-order valence-electron chi connectivity index (χ4n) is 2.80. The number of hydrogen-bond donors (Lipinski definition) is 1. The minimum Gasteiger partial charge on any atom is -0.493 e. The maximum atomic E-state index is 6.06. The third-order valence-corrected chi connectivity index (χ3v) is 5.19. The molecule has 0 aliphatic rings. The Kier molecular flexibility index (Phi) is 8.47. The van der Waals surface area contributed by atoms with Gasteiger partial charge in [0.05, 0.1) is 19.0 Å². The minimum absolute atomic E-state index is 0.0182. The summed E-state index contributed by atoms with van der Waals surface area (Å²) >= 11 is 5.28. The molecule has 0 radical (unpaired) electrons. The second-order valence-electron chi connectivity index (χ2n) is 8.48. The molecule has 1 aromatic carbocycles. The van der Waals surface area contributed by atoms with E-state index in [2.05, 4.69) is 54.6 Å². The molecule has 0 bridgehead atoms. The first-order valence-electron chi connectivity index (χ1n) is 10.3. The predicted octanol–water partition coefficient (Wildman–Crippen LogP) is 3.65. The number of thiocarbonyl (C=S) groups is 1. The summed E-state index contributed by atoms with van der Waals surface area (Å²) in [6, 6.07) is 3.90. The molecule has 1 aromatic heterocycles. The lowest BCUT2D eigenvalue weighted by atomic mass is 9.93.